The second kappa shape index (κ2) is 4.22. The lowest BCUT2D eigenvalue weighted by Crippen LogP contribution is -1.98. The molecule has 14 heavy (non-hydrogen) atoms. The summed E-state index contributed by atoms with van der Waals surface area (Å²) >= 11 is 7.60. The van der Waals surface area contributed by atoms with Crippen molar-refractivity contribution in [3.8, 4) is 0 Å². The van der Waals surface area contributed by atoms with Crippen molar-refractivity contribution in [1.29, 1.82) is 0 Å². The summed E-state index contributed by atoms with van der Waals surface area (Å²) in [5.41, 5.74) is -0.0472. The maximum absolute atomic E-state index is 11.1. The molecule has 6 heteroatoms. The molecule has 0 amide bonds. The maximum atomic E-state index is 11.1. The summed E-state index contributed by atoms with van der Waals surface area (Å²) in [6.45, 7) is 1.32. The van der Waals surface area contributed by atoms with E-state index >= 15 is 0 Å². The average Bonchev–Trinajstić information content (AvgIpc) is 2.07. The van der Waals surface area contributed by atoms with E-state index in [1.54, 1.807) is 0 Å². The first-order valence-corrected chi connectivity index (χ1v) is 5.03. The molecule has 0 heterocycles. The van der Waals surface area contributed by atoms with Crippen molar-refractivity contribution in [1.82, 2.24) is 0 Å². The summed E-state index contributed by atoms with van der Waals surface area (Å²) in [4.78, 5) is 21.0. The number of ketones is 1. The molecular formula is C8H5ClINO3. The van der Waals surface area contributed by atoms with Crippen LogP contribution in [0.15, 0.2) is 12.1 Å². The third kappa shape index (κ3) is 2.21. The van der Waals surface area contributed by atoms with Crippen molar-refractivity contribution >= 4 is 45.7 Å². The number of halogens is 2. The van der Waals surface area contributed by atoms with Crippen LogP contribution in [0.4, 0.5) is 5.69 Å². The van der Waals surface area contributed by atoms with E-state index in [0.717, 1.165) is 0 Å². The largest absolute Gasteiger partial charge is 0.294 e. The van der Waals surface area contributed by atoms with Crippen molar-refractivity contribution in [2.24, 2.45) is 0 Å². The Labute approximate surface area is 98.5 Å². The molecule has 0 unspecified atom stereocenters. The van der Waals surface area contributed by atoms with Crippen LogP contribution < -0.4 is 0 Å². The smallest absolute Gasteiger partial charge is 0.289 e. The number of benzene rings is 1. The molecule has 0 radical (unpaired) electrons. The lowest BCUT2D eigenvalue weighted by Gasteiger charge is -2.01. The number of Topliss-reactive ketones (excluding diaryl/α,β-unsaturated/α-hetero) is 1. The van der Waals surface area contributed by atoms with Gasteiger partial charge >= 0.3 is 0 Å². The van der Waals surface area contributed by atoms with Crippen molar-refractivity contribution in [2.75, 3.05) is 0 Å². The Hall–Kier alpha value is -0.690. The highest BCUT2D eigenvalue weighted by molar-refractivity contribution is 14.1. The molecule has 1 rings (SSSR count). The van der Waals surface area contributed by atoms with E-state index in [-0.39, 0.29) is 22.1 Å². The summed E-state index contributed by atoms with van der Waals surface area (Å²) < 4.78 is 0.615. The molecule has 0 saturated heterocycles. The predicted molar refractivity (Wildman–Crippen MR) is 60.8 cm³/mol. The van der Waals surface area contributed by atoms with E-state index in [2.05, 4.69) is 0 Å². The number of nitrogens with zero attached hydrogens (tertiary/aromatic N) is 1. The van der Waals surface area contributed by atoms with Crippen LogP contribution in [-0.2, 0) is 0 Å². The fourth-order valence-corrected chi connectivity index (χ4v) is 1.88. The third-order valence-corrected chi connectivity index (χ3v) is 2.61. The highest BCUT2D eigenvalue weighted by atomic mass is 127. The molecule has 0 aliphatic heterocycles. The van der Waals surface area contributed by atoms with Crippen molar-refractivity contribution in [3.63, 3.8) is 0 Å². The molecule has 4 nitrogen and oxygen atoms in total. The Kier molecular flexibility index (Phi) is 3.43. The number of hydrogen-bond acceptors (Lipinski definition) is 3. The molecule has 0 aliphatic carbocycles. The zero-order valence-electron chi connectivity index (χ0n) is 7.08. The first kappa shape index (κ1) is 11.4. The molecular weight excluding hydrogens is 320 g/mol. The van der Waals surface area contributed by atoms with Gasteiger partial charge in [0.05, 0.1) is 4.92 Å². The fourth-order valence-electron chi connectivity index (χ4n) is 0.964. The number of nitro benzene ring substituents is 1. The van der Waals surface area contributed by atoms with Gasteiger partial charge in [0.25, 0.3) is 5.69 Å². The van der Waals surface area contributed by atoms with Gasteiger partial charge in [0, 0.05) is 15.2 Å². The Morgan fingerprint density at radius 1 is 1.57 bits per heavy atom. The average molecular weight is 325 g/mol. The summed E-state index contributed by atoms with van der Waals surface area (Å²) in [7, 11) is 0. The molecule has 0 fully saturated rings. The van der Waals surface area contributed by atoms with Crippen LogP contribution in [0.25, 0.3) is 0 Å². The first-order chi connectivity index (χ1) is 6.43. The van der Waals surface area contributed by atoms with E-state index in [1.165, 1.54) is 19.1 Å². The van der Waals surface area contributed by atoms with Crippen LogP contribution in [-0.4, -0.2) is 10.7 Å². The van der Waals surface area contributed by atoms with E-state index in [1.807, 2.05) is 22.6 Å². The zero-order valence-corrected chi connectivity index (χ0v) is 10.00. The Bertz CT molecular complexity index is 384. The highest BCUT2D eigenvalue weighted by Gasteiger charge is 2.19. The van der Waals surface area contributed by atoms with E-state index in [0.29, 0.717) is 3.57 Å². The minimum Gasteiger partial charge on any atom is -0.294 e. The molecule has 0 atom stereocenters. The van der Waals surface area contributed by atoms with Gasteiger partial charge in [0.15, 0.2) is 5.78 Å². The maximum Gasteiger partial charge on any atom is 0.289 e. The molecule has 1 aromatic carbocycles. The molecule has 1 aromatic rings. The lowest BCUT2D eigenvalue weighted by atomic mass is 10.1. The van der Waals surface area contributed by atoms with Gasteiger partial charge in [0.2, 0.25) is 0 Å². The molecule has 0 saturated carbocycles. The fraction of sp³-hybridized carbons (Fsp3) is 0.125. The Balaban J connectivity index is 3.47. The number of rotatable bonds is 2. The van der Waals surface area contributed by atoms with Crippen LogP contribution in [0.1, 0.15) is 17.3 Å². The van der Waals surface area contributed by atoms with Gasteiger partial charge in [-0.25, -0.2) is 0 Å². The van der Waals surface area contributed by atoms with Crippen molar-refractivity contribution in [3.05, 3.63) is 36.4 Å². The van der Waals surface area contributed by atoms with E-state index in [4.69, 9.17) is 11.6 Å². The monoisotopic (exact) mass is 325 g/mol. The summed E-state index contributed by atoms with van der Waals surface area (Å²) in [5, 5.41) is 10.5. The third-order valence-electron chi connectivity index (χ3n) is 1.59. The van der Waals surface area contributed by atoms with Crippen LogP contribution in [0.5, 0.6) is 0 Å². The molecule has 0 aromatic heterocycles. The van der Waals surface area contributed by atoms with Gasteiger partial charge < -0.3 is 0 Å². The van der Waals surface area contributed by atoms with Crippen LogP contribution in [0, 0.1) is 13.7 Å². The van der Waals surface area contributed by atoms with E-state index in [9.17, 15) is 14.9 Å². The van der Waals surface area contributed by atoms with Crippen LogP contribution in [0.3, 0.4) is 0 Å². The van der Waals surface area contributed by atoms with Gasteiger partial charge in [-0.05, 0) is 35.6 Å². The molecule has 0 spiro atoms. The highest BCUT2D eigenvalue weighted by Crippen LogP contribution is 2.30. The standard InChI is InChI=1S/C8H5ClINO3/c1-4(12)6-2-5(10)3-7(8(6)9)11(13)14/h2-3H,1H3. The predicted octanol–water partition coefficient (Wildman–Crippen LogP) is 3.06. The second-order valence-corrected chi connectivity index (χ2v) is 4.22. The SMILES string of the molecule is CC(=O)c1cc(I)cc([N+](=O)[O-])c1Cl. The second-order valence-electron chi connectivity index (χ2n) is 2.60. The number of carbonyl (C=O) groups excluding carboxylic acids is 1. The van der Waals surface area contributed by atoms with Crippen LogP contribution in [0.2, 0.25) is 5.02 Å². The topological polar surface area (TPSA) is 60.2 Å². The van der Waals surface area contributed by atoms with Gasteiger partial charge in [-0.1, -0.05) is 11.6 Å². The van der Waals surface area contributed by atoms with Crippen molar-refractivity contribution in [2.45, 2.75) is 6.92 Å². The van der Waals surface area contributed by atoms with E-state index < -0.39 is 4.92 Å². The van der Waals surface area contributed by atoms with Crippen LogP contribution >= 0.6 is 34.2 Å². The molecule has 0 aliphatic rings. The summed E-state index contributed by atoms with van der Waals surface area (Å²) in [6.07, 6.45) is 0. The normalized spacial score (nSPS) is 9.93. The molecule has 74 valence electrons. The molecule has 0 bridgehead atoms. The lowest BCUT2D eigenvalue weighted by molar-refractivity contribution is -0.384. The molecule has 0 N–H and O–H groups in total. The van der Waals surface area contributed by atoms with Crippen molar-refractivity contribution < 1.29 is 9.72 Å². The minimum atomic E-state index is -0.600. The summed E-state index contributed by atoms with van der Waals surface area (Å²) in [5.74, 6) is -0.281. The van der Waals surface area contributed by atoms with Gasteiger partial charge in [-0.3, -0.25) is 14.9 Å². The zero-order chi connectivity index (χ0) is 10.9. The Morgan fingerprint density at radius 2 is 2.14 bits per heavy atom. The van der Waals surface area contributed by atoms with Gasteiger partial charge in [-0.15, -0.1) is 0 Å². The van der Waals surface area contributed by atoms with Gasteiger partial charge in [-0.2, -0.15) is 0 Å². The minimum absolute atomic E-state index is 0.0945. The van der Waals surface area contributed by atoms with Gasteiger partial charge in [0.1, 0.15) is 5.02 Å². The first-order valence-electron chi connectivity index (χ1n) is 3.58. The quantitative estimate of drug-likeness (QED) is 0.363. The number of carbonyl (C=O) groups is 1. The number of hydrogen-bond donors (Lipinski definition) is 0. The summed E-state index contributed by atoms with van der Waals surface area (Å²) in [6, 6.07) is 2.85. The Morgan fingerprint density at radius 3 is 2.57 bits per heavy atom. The number of nitro groups is 1.